The first kappa shape index (κ1) is 15.6. The Morgan fingerprint density at radius 3 is 2.65 bits per heavy atom. The lowest BCUT2D eigenvalue weighted by Crippen LogP contribution is -2.12. The lowest BCUT2D eigenvalue weighted by atomic mass is 10.1. The maximum Gasteiger partial charge on any atom is 0.119 e. The van der Waals surface area contributed by atoms with E-state index in [9.17, 15) is 0 Å². The number of methoxy groups -OCH3 is 1. The van der Waals surface area contributed by atoms with Gasteiger partial charge in [-0.25, -0.2) is 0 Å². The first-order valence-electron chi connectivity index (χ1n) is 7.83. The van der Waals surface area contributed by atoms with Crippen molar-refractivity contribution in [3.05, 3.63) is 65.9 Å². The minimum Gasteiger partial charge on any atom is -0.491 e. The van der Waals surface area contributed by atoms with Crippen molar-refractivity contribution in [1.29, 1.82) is 0 Å². The van der Waals surface area contributed by atoms with Gasteiger partial charge in [0.25, 0.3) is 0 Å². The summed E-state index contributed by atoms with van der Waals surface area (Å²) in [6.45, 7) is 2.86. The highest BCUT2D eigenvalue weighted by atomic mass is 16.5. The predicted molar refractivity (Wildman–Crippen MR) is 92.7 cm³/mol. The SMILES string of the molecule is COCCOc1ccc(CNCc2cccc3[nH]ccc23)cc1. The van der Waals surface area contributed by atoms with Crippen LogP contribution in [0.25, 0.3) is 10.9 Å². The Morgan fingerprint density at radius 2 is 1.83 bits per heavy atom. The van der Waals surface area contributed by atoms with Gasteiger partial charge >= 0.3 is 0 Å². The van der Waals surface area contributed by atoms with Gasteiger partial charge in [-0.1, -0.05) is 24.3 Å². The standard InChI is InChI=1S/C19H22N2O2/c1-22-11-12-23-17-7-5-15(6-8-17)13-20-14-16-3-2-4-19-18(16)9-10-21-19/h2-10,20-21H,11-14H2,1H3. The van der Waals surface area contributed by atoms with Gasteiger partial charge in [-0.3, -0.25) is 0 Å². The first-order chi connectivity index (χ1) is 11.4. The summed E-state index contributed by atoms with van der Waals surface area (Å²) < 4.78 is 10.5. The van der Waals surface area contributed by atoms with E-state index in [1.807, 2.05) is 18.3 Å². The number of H-pyrrole nitrogens is 1. The molecular weight excluding hydrogens is 288 g/mol. The average Bonchev–Trinajstić information content (AvgIpc) is 3.06. The maximum atomic E-state index is 5.57. The zero-order valence-electron chi connectivity index (χ0n) is 13.3. The highest BCUT2D eigenvalue weighted by Gasteiger charge is 2.01. The zero-order valence-corrected chi connectivity index (χ0v) is 13.3. The summed E-state index contributed by atoms with van der Waals surface area (Å²) in [4.78, 5) is 3.24. The highest BCUT2D eigenvalue weighted by Crippen LogP contribution is 2.17. The Hall–Kier alpha value is -2.30. The van der Waals surface area contributed by atoms with Crippen molar-refractivity contribution in [2.45, 2.75) is 13.1 Å². The predicted octanol–water partition coefficient (Wildman–Crippen LogP) is 3.48. The smallest absolute Gasteiger partial charge is 0.119 e. The molecule has 23 heavy (non-hydrogen) atoms. The fourth-order valence-electron chi connectivity index (χ4n) is 2.59. The van der Waals surface area contributed by atoms with E-state index in [1.54, 1.807) is 7.11 Å². The number of nitrogens with one attached hydrogen (secondary N) is 2. The number of aromatic amines is 1. The molecule has 0 saturated carbocycles. The Labute approximate surface area is 136 Å². The molecule has 3 rings (SSSR count). The molecule has 2 N–H and O–H groups in total. The molecule has 3 aromatic rings. The van der Waals surface area contributed by atoms with Crippen molar-refractivity contribution in [1.82, 2.24) is 10.3 Å². The van der Waals surface area contributed by atoms with Gasteiger partial charge < -0.3 is 19.8 Å². The molecule has 1 heterocycles. The van der Waals surface area contributed by atoms with Crippen molar-refractivity contribution in [2.75, 3.05) is 20.3 Å². The van der Waals surface area contributed by atoms with Crippen molar-refractivity contribution in [2.24, 2.45) is 0 Å². The van der Waals surface area contributed by atoms with Gasteiger partial charge in [0.2, 0.25) is 0 Å². The van der Waals surface area contributed by atoms with E-state index in [0.29, 0.717) is 13.2 Å². The molecule has 4 nitrogen and oxygen atoms in total. The molecule has 0 aliphatic heterocycles. The fourth-order valence-corrected chi connectivity index (χ4v) is 2.59. The molecule has 0 spiro atoms. The van der Waals surface area contributed by atoms with Crippen LogP contribution in [0.4, 0.5) is 0 Å². The fraction of sp³-hybridized carbons (Fsp3) is 0.263. The monoisotopic (exact) mass is 310 g/mol. The molecule has 0 bridgehead atoms. The summed E-state index contributed by atoms with van der Waals surface area (Å²) in [7, 11) is 1.67. The molecule has 0 aliphatic carbocycles. The minimum absolute atomic E-state index is 0.578. The lowest BCUT2D eigenvalue weighted by Gasteiger charge is -2.08. The molecular formula is C19H22N2O2. The van der Waals surface area contributed by atoms with Crippen LogP contribution in [0.15, 0.2) is 54.7 Å². The van der Waals surface area contributed by atoms with Crippen molar-refractivity contribution in [3.8, 4) is 5.75 Å². The van der Waals surface area contributed by atoms with Crippen LogP contribution in [0.1, 0.15) is 11.1 Å². The topological polar surface area (TPSA) is 46.3 Å². The van der Waals surface area contributed by atoms with Crippen LogP contribution in [0.2, 0.25) is 0 Å². The van der Waals surface area contributed by atoms with Crippen molar-refractivity contribution < 1.29 is 9.47 Å². The van der Waals surface area contributed by atoms with Crippen LogP contribution < -0.4 is 10.1 Å². The second-order valence-electron chi connectivity index (χ2n) is 5.44. The summed E-state index contributed by atoms with van der Waals surface area (Å²) >= 11 is 0. The zero-order chi connectivity index (χ0) is 15.9. The molecule has 0 saturated heterocycles. The van der Waals surface area contributed by atoms with E-state index in [0.717, 1.165) is 18.8 Å². The van der Waals surface area contributed by atoms with E-state index in [1.165, 1.54) is 22.0 Å². The molecule has 4 heteroatoms. The molecule has 0 unspecified atom stereocenters. The van der Waals surface area contributed by atoms with Crippen LogP contribution in [0.3, 0.4) is 0 Å². The van der Waals surface area contributed by atoms with Gasteiger partial charge in [-0.05, 0) is 35.4 Å². The van der Waals surface area contributed by atoms with Gasteiger partial charge in [-0.15, -0.1) is 0 Å². The third-order valence-corrected chi connectivity index (χ3v) is 3.81. The highest BCUT2D eigenvalue weighted by molar-refractivity contribution is 5.82. The number of benzene rings is 2. The molecule has 1 aromatic heterocycles. The van der Waals surface area contributed by atoms with Gasteiger partial charge in [0.1, 0.15) is 12.4 Å². The first-order valence-corrected chi connectivity index (χ1v) is 7.83. The van der Waals surface area contributed by atoms with E-state index < -0.39 is 0 Å². The van der Waals surface area contributed by atoms with Gasteiger partial charge in [0, 0.05) is 37.3 Å². The number of ether oxygens (including phenoxy) is 2. The third kappa shape index (κ3) is 4.12. The van der Waals surface area contributed by atoms with Crippen LogP contribution in [0, 0.1) is 0 Å². The van der Waals surface area contributed by atoms with Crippen LogP contribution >= 0.6 is 0 Å². The summed E-state index contributed by atoms with van der Waals surface area (Å²) in [6, 6.07) is 16.6. The summed E-state index contributed by atoms with van der Waals surface area (Å²) in [5, 5.41) is 4.78. The number of hydrogen-bond donors (Lipinski definition) is 2. The summed E-state index contributed by atoms with van der Waals surface area (Å²) in [5.74, 6) is 0.878. The van der Waals surface area contributed by atoms with E-state index in [2.05, 4.69) is 46.7 Å². The number of rotatable bonds is 8. The quantitative estimate of drug-likeness (QED) is 0.626. The Bertz CT molecular complexity index is 734. The Balaban J connectivity index is 1.51. The molecule has 0 amide bonds. The number of hydrogen-bond acceptors (Lipinski definition) is 3. The normalized spacial score (nSPS) is 11.0. The molecule has 0 aliphatic rings. The van der Waals surface area contributed by atoms with Gasteiger partial charge in [-0.2, -0.15) is 0 Å². The van der Waals surface area contributed by atoms with Gasteiger partial charge in [0.15, 0.2) is 0 Å². The molecule has 0 fully saturated rings. The van der Waals surface area contributed by atoms with E-state index in [4.69, 9.17) is 9.47 Å². The van der Waals surface area contributed by atoms with E-state index >= 15 is 0 Å². The molecule has 0 radical (unpaired) electrons. The van der Waals surface area contributed by atoms with Gasteiger partial charge in [0.05, 0.1) is 6.61 Å². The third-order valence-electron chi connectivity index (χ3n) is 3.81. The largest absolute Gasteiger partial charge is 0.491 e. The second kappa shape index (κ2) is 7.81. The minimum atomic E-state index is 0.578. The number of fused-ring (bicyclic) bond motifs is 1. The average molecular weight is 310 g/mol. The van der Waals surface area contributed by atoms with Crippen LogP contribution in [-0.4, -0.2) is 25.3 Å². The second-order valence-corrected chi connectivity index (χ2v) is 5.44. The maximum absolute atomic E-state index is 5.57. The summed E-state index contributed by atoms with van der Waals surface area (Å²) in [6.07, 6.45) is 1.98. The van der Waals surface area contributed by atoms with Crippen molar-refractivity contribution >= 4 is 10.9 Å². The van der Waals surface area contributed by atoms with Crippen LogP contribution in [-0.2, 0) is 17.8 Å². The Kier molecular flexibility index (Phi) is 5.29. The molecule has 0 atom stereocenters. The Morgan fingerprint density at radius 1 is 0.957 bits per heavy atom. The van der Waals surface area contributed by atoms with E-state index in [-0.39, 0.29) is 0 Å². The van der Waals surface area contributed by atoms with Crippen LogP contribution in [0.5, 0.6) is 5.75 Å². The van der Waals surface area contributed by atoms with Crippen molar-refractivity contribution in [3.63, 3.8) is 0 Å². The molecule has 120 valence electrons. The molecule has 2 aromatic carbocycles. The summed E-state index contributed by atoms with van der Waals surface area (Å²) in [5.41, 5.74) is 3.73. The number of aromatic nitrogens is 1. The lowest BCUT2D eigenvalue weighted by molar-refractivity contribution is 0.146.